The van der Waals surface area contributed by atoms with Gasteiger partial charge in [0.1, 0.15) is 0 Å². The predicted octanol–water partition coefficient (Wildman–Crippen LogP) is 1.67. The Labute approximate surface area is 129 Å². The number of ether oxygens (including phenoxy) is 1. The van der Waals surface area contributed by atoms with E-state index in [0.29, 0.717) is 5.96 Å². The van der Waals surface area contributed by atoms with E-state index in [1.165, 1.54) is 0 Å². The van der Waals surface area contributed by atoms with Gasteiger partial charge in [-0.1, -0.05) is 13.8 Å². The predicted molar refractivity (Wildman–Crippen MR) is 87.6 cm³/mol. The summed E-state index contributed by atoms with van der Waals surface area (Å²) >= 11 is 0. The van der Waals surface area contributed by atoms with Crippen LogP contribution in [0.5, 0.6) is 0 Å². The molecule has 5 nitrogen and oxygen atoms in total. The number of likely N-dealkylation sites (N-methyl/N-ethyl adjacent to an activating group) is 1. The van der Waals surface area contributed by atoms with E-state index in [0.717, 1.165) is 39.1 Å². The van der Waals surface area contributed by atoms with E-state index in [-0.39, 0.29) is 16.7 Å². The first kappa shape index (κ1) is 16.6. The molecule has 2 N–H and O–H groups in total. The normalized spacial score (nSPS) is 30.4. The molecule has 1 spiro atoms. The lowest BCUT2D eigenvalue weighted by Crippen LogP contribution is -2.62. The number of hydrogen-bond donors (Lipinski definition) is 1. The highest BCUT2D eigenvalue weighted by atomic mass is 16.5. The fourth-order valence-electron chi connectivity index (χ4n) is 4.12. The summed E-state index contributed by atoms with van der Waals surface area (Å²) in [6.45, 7) is 17.9. The molecule has 1 atom stereocenters. The lowest BCUT2D eigenvalue weighted by Gasteiger charge is -2.44. The van der Waals surface area contributed by atoms with Crippen LogP contribution in [0.4, 0.5) is 0 Å². The molecule has 0 aliphatic carbocycles. The topological polar surface area (TPSA) is 54.1 Å². The maximum absolute atomic E-state index is 6.33. The highest BCUT2D eigenvalue weighted by Crippen LogP contribution is 2.50. The number of nitrogens with zero attached hydrogens (tertiary/aromatic N) is 3. The molecular formula is C16H32N4O. The summed E-state index contributed by atoms with van der Waals surface area (Å²) in [7, 11) is 0. The first-order valence-electron chi connectivity index (χ1n) is 8.17. The third kappa shape index (κ3) is 2.78. The molecule has 0 aromatic rings. The molecule has 2 aliphatic heterocycles. The van der Waals surface area contributed by atoms with E-state index in [9.17, 15) is 0 Å². The average Bonchev–Trinajstić information content (AvgIpc) is 2.77. The lowest BCUT2D eigenvalue weighted by atomic mass is 9.78. The molecule has 0 amide bonds. The van der Waals surface area contributed by atoms with E-state index in [4.69, 9.17) is 10.5 Å². The fraction of sp³-hybridized carbons (Fsp3) is 0.938. The van der Waals surface area contributed by atoms with Gasteiger partial charge in [-0.05, 0) is 40.8 Å². The molecule has 5 heteroatoms. The Balaban J connectivity index is 2.19. The summed E-state index contributed by atoms with van der Waals surface area (Å²) in [5, 5.41) is 0. The van der Waals surface area contributed by atoms with E-state index in [1.54, 1.807) is 0 Å². The Hall–Kier alpha value is -0.810. The standard InChI is InChI=1S/C16H32N4O/c1-7-19(8-2)9-10-20-13(17)18-12-16(20)11-14(3,4)21-15(16,5)6/h7-12H2,1-6H3,(H2,17,18). The van der Waals surface area contributed by atoms with Crippen LogP contribution in [0.3, 0.4) is 0 Å². The van der Waals surface area contributed by atoms with Crippen molar-refractivity contribution >= 4 is 5.96 Å². The zero-order valence-electron chi connectivity index (χ0n) is 14.6. The zero-order valence-corrected chi connectivity index (χ0v) is 14.6. The van der Waals surface area contributed by atoms with Crippen LogP contribution < -0.4 is 5.73 Å². The van der Waals surface area contributed by atoms with E-state index in [1.807, 2.05) is 0 Å². The van der Waals surface area contributed by atoms with Gasteiger partial charge in [-0.2, -0.15) is 0 Å². The van der Waals surface area contributed by atoms with Gasteiger partial charge >= 0.3 is 0 Å². The van der Waals surface area contributed by atoms with Crippen molar-refractivity contribution < 1.29 is 4.74 Å². The minimum atomic E-state index is -0.246. The summed E-state index contributed by atoms with van der Waals surface area (Å²) in [6, 6.07) is 0. The molecule has 1 saturated heterocycles. The number of rotatable bonds is 5. The van der Waals surface area contributed by atoms with Gasteiger partial charge in [-0.15, -0.1) is 0 Å². The maximum Gasteiger partial charge on any atom is 0.192 e. The van der Waals surface area contributed by atoms with Crippen molar-refractivity contribution in [2.24, 2.45) is 10.7 Å². The Morgan fingerprint density at radius 2 is 1.86 bits per heavy atom. The third-order valence-electron chi connectivity index (χ3n) is 5.20. The zero-order chi connectivity index (χ0) is 15.9. The lowest BCUT2D eigenvalue weighted by molar-refractivity contribution is -0.0920. The van der Waals surface area contributed by atoms with Gasteiger partial charge < -0.3 is 20.3 Å². The second kappa shape index (κ2) is 5.43. The molecule has 1 unspecified atom stereocenters. The Morgan fingerprint density at radius 3 is 2.33 bits per heavy atom. The van der Waals surface area contributed by atoms with Crippen molar-refractivity contribution in [2.45, 2.75) is 64.7 Å². The van der Waals surface area contributed by atoms with Gasteiger partial charge in [0.2, 0.25) is 0 Å². The molecular weight excluding hydrogens is 264 g/mol. The molecule has 0 bridgehead atoms. The smallest absolute Gasteiger partial charge is 0.192 e. The second-order valence-electron chi connectivity index (χ2n) is 7.43. The third-order valence-corrected chi connectivity index (χ3v) is 5.20. The van der Waals surface area contributed by atoms with Gasteiger partial charge in [0.15, 0.2) is 5.96 Å². The monoisotopic (exact) mass is 296 g/mol. The Kier molecular flexibility index (Phi) is 4.28. The molecule has 122 valence electrons. The average molecular weight is 296 g/mol. The summed E-state index contributed by atoms with van der Waals surface area (Å²) in [5.41, 5.74) is 5.74. The van der Waals surface area contributed by atoms with Crippen LogP contribution in [0.2, 0.25) is 0 Å². The Morgan fingerprint density at radius 1 is 1.24 bits per heavy atom. The van der Waals surface area contributed by atoms with Crippen LogP contribution in [0.1, 0.15) is 48.0 Å². The molecule has 2 rings (SSSR count). The van der Waals surface area contributed by atoms with Crippen LogP contribution >= 0.6 is 0 Å². The van der Waals surface area contributed by atoms with Gasteiger partial charge in [0, 0.05) is 19.5 Å². The van der Waals surface area contributed by atoms with Gasteiger partial charge in [-0.25, -0.2) is 0 Å². The molecule has 0 radical (unpaired) electrons. The van der Waals surface area contributed by atoms with Crippen molar-refractivity contribution in [3.05, 3.63) is 0 Å². The highest BCUT2D eigenvalue weighted by Gasteiger charge is 2.62. The summed E-state index contributed by atoms with van der Waals surface area (Å²) in [4.78, 5) is 9.29. The first-order chi connectivity index (χ1) is 9.67. The number of nitrogens with two attached hydrogens (primary N) is 1. The molecule has 2 aliphatic rings. The molecule has 0 aromatic carbocycles. The van der Waals surface area contributed by atoms with Crippen LogP contribution in [0.15, 0.2) is 4.99 Å². The number of hydrogen-bond acceptors (Lipinski definition) is 5. The summed E-state index contributed by atoms with van der Waals surface area (Å²) in [5.74, 6) is 0.677. The van der Waals surface area contributed by atoms with Crippen molar-refractivity contribution in [3.63, 3.8) is 0 Å². The van der Waals surface area contributed by atoms with E-state index < -0.39 is 0 Å². The number of aliphatic imine (C=N–C) groups is 1. The highest BCUT2D eigenvalue weighted by molar-refractivity contribution is 5.81. The molecule has 1 fully saturated rings. The number of guanidine groups is 1. The SMILES string of the molecule is CCN(CC)CCN1C(N)=NCC12CC(C)(C)OC2(C)C. The van der Waals surface area contributed by atoms with Gasteiger partial charge in [0.25, 0.3) is 0 Å². The fourth-order valence-corrected chi connectivity index (χ4v) is 4.12. The maximum atomic E-state index is 6.33. The van der Waals surface area contributed by atoms with Crippen molar-refractivity contribution in [1.29, 1.82) is 0 Å². The summed E-state index contributed by atoms with van der Waals surface area (Å²) in [6.07, 6.45) is 0.968. The summed E-state index contributed by atoms with van der Waals surface area (Å²) < 4.78 is 6.33. The van der Waals surface area contributed by atoms with Crippen molar-refractivity contribution in [2.75, 3.05) is 32.7 Å². The molecule has 2 heterocycles. The van der Waals surface area contributed by atoms with E-state index >= 15 is 0 Å². The molecule has 21 heavy (non-hydrogen) atoms. The van der Waals surface area contributed by atoms with Crippen LogP contribution in [0, 0.1) is 0 Å². The van der Waals surface area contributed by atoms with Crippen LogP contribution in [-0.4, -0.2) is 65.2 Å². The van der Waals surface area contributed by atoms with E-state index in [2.05, 4.69) is 56.3 Å². The quantitative estimate of drug-likeness (QED) is 0.838. The Bertz CT molecular complexity index is 415. The van der Waals surface area contributed by atoms with Crippen molar-refractivity contribution in [1.82, 2.24) is 9.80 Å². The largest absolute Gasteiger partial charge is 0.370 e. The van der Waals surface area contributed by atoms with Gasteiger partial charge in [0.05, 0.1) is 23.3 Å². The first-order valence-corrected chi connectivity index (χ1v) is 8.17. The molecule has 0 saturated carbocycles. The second-order valence-corrected chi connectivity index (χ2v) is 7.43. The van der Waals surface area contributed by atoms with Crippen LogP contribution in [-0.2, 0) is 4.74 Å². The van der Waals surface area contributed by atoms with Crippen molar-refractivity contribution in [3.8, 4) is 0 Å². The van der Waals surface area contributed by atoms with Crippen LogP contribution in [0.25, 0.3) is 0 Å². The minimum absolute atomic E-state index is 0.103. The van der Waals surface area contributed by atoms with Gasteiger partial charge in [-0.3, -0.25) is 4.99 Å². The molecule has 0 aromatic heterocycles. The minimum Gasteiger partial charge on any atom is -0.370 e.